The number of hydrogen-bond donors (Lipinski definition) is 1. The number of hydrogen-bond acceptors (Lipinski definition) is 4. The van der Waals surface area contributed by atoms with Crippen LogP contribution in [-0.2, 0) is 4.79 Å². The molecule has 118 valence electrons. The molecule has 2 aliphatic rings. The minimum Gasteiger partial charge on any atom is -0.359 e. The van der Waals surface area contributed by atoms with E-state index in [1.54, 1.807) is 0 Å². The van der Waals surface area contributed by atoms with Gasteiger partial charge >= 0.3 is 0 Å². The quantitative estimate of drug-likeness (QED) is 0.930. The van der Waals surface area contributed by atoms with Crippen LogP contribution in [0.15, 0.2) is 10.6 Å². The Kier molecular flexibility index (Phi) is 5.27. The zero-order valence-corrected chi connectivity index (χ0v) is 13.3. The third-order valence-corrected chi connectivity index (χ3v) is 4.79. The summed E-state index contributed by atoms with van der Waals surface area (Å²) < 4.78 is 5.38. The fourth-order valence-electron chi connectivity index (χ4n) is 3.72. The zero-order chi connectivity index (χ0) is 14.1. The molecular weight excluding hydrogens is 290 g/mol. The molecule has 1 aliphatic carbocycles. The maximum Gasteiger partial charge on any atom is 0.226 e. The second-order valence-electron chi connectivity index (χ2n) is 6.09. The van der Waals surface area contributed by atoms with E-state index in [-0.39, 0.29) is 30.3 Å². The molecule has 1 aromatic heterocycles. The topological polar surface area (TPSA) is 72.4 Å². The molecule has 1 aliphatic heterocycles. The molecule has 0 aromatic carbocycles. The van der Waals surface area contributed by atoms with Crippen LogP contribution >= 0.6 is 12.4 Å². The Morgan fingerprint density at radius 2 is 2.24 bits per heavy atom. The van der Waals surface area contributed by atoms with Gasteiger partial charge in [-0.25, -0.2) is 0 Å². The summed E-state index contributed by atoms with van der Waals surface area (Å²) in [5, 5.41) is 3.95. The van der Waals surface area contributed by atoms with E-state index in [4.69, 9.17) is 10.3 Å². The lowest BCUT2D eigenvalue weighted by Crippen LogP contribution is -2.38. The number of nitrogens with two attached hydrogens (primary N) is 1. The Hall–Kier alpha value is -1.07. The van der Waals surface area contributed by atoms with Crippen molar-refractivity contribution in [3.63, 3.8) is 0 Å². The van der Waals surface area contributed by atoms with Gasteiger partial charge in [0.1, 0.15) is 0 Å². The van der Waals surface area contributed by atoms with Gasteiger partial charge in [0.05, 0.1) is 11.7 Å². The van der Waals surface area contributed by atoms with Crippen LogP contribution in [0.4, 0.5) is 0 Å². The molecule has 1 saturated carbocycles. The van der Waals surface area contributed by atoms with Gasteiger partial charge in [-0.15, -0.1) is 12.4 Å². The largest absolute Gasteiger partial charge is 0.359 e. The third kappa shape index (κ3) is 3.09. The first-order valence-corrected chi connectivity index (χ1v) is 7.64. The van der Waals surface area contributed by atoms with E-state index in [0.717, 1.165) is 50.1 Å². The monoisotopic (exact) mass is 313 g/mol. The van der Waals surface area contributed by atoms with Crippen LogP contribution in [0.5, 0.6) is 0 Å². The molecule has 2 fully saturated rings. The molecule has 1 saturated heterocycles. The van der Waals surface area contributed by atoms with Gasteiger partial charge in [0.25, 0.3) is 0 Å². The highest BCUT2D eigenvalue weighted by Gasteiger charge is 2.40. The maximum atomic E-state index is 12.8. The molecule has 0 radical (unpaired) electrons. The van der Waals surface area contributed by atoms with Crippen molar-refractivity contribution < 1.29 is 9.32 Å². The van der Waals surface area contributed by atoms with Crippen LogP contribution in [0.25, 0.3) is 0 Å². The highest BCUT2D eigenvalue weighted by atomic mass is 35.5. The fourth-order valence-corrected chi connectivity index (χ4v) is 3.72. The highest BCUT2D eigenvalue weighted by molar-refractivity contribution is 5.85. The molecule has 1 amide bonds. The Morgan fingerprint density at radius 1 is 1.43 bits per heavy atom. The fraction of sp³-hybridized carbons (Fsp3) is 0.733. The summed E-state index contributed by atoms with van der Waals surface area (Å²) in [6.45, 7) is 3.36. The van der Waals surface area contributed by atoms with Gasteiger partial charge in [-0.05, 0) is 45.1 Å². The van der Waals surface area contributed by atoms with Crippen molar-refractivity contribution in [1.82, 2.24) is 10.1 Å². The lowest BCUT2D eigenvalue weighted by molar-refractivity contribution is -0.138. The van der Waals surface area contributed by atoms with Crippen LogP contribution in [0, 0.1) is 18.8 Å². The van der Waals surface area contributed by atoms with Crippen LogP contribution < -0.4 is 5.73 Å². The number of amides is 1. The Morgan fingerprint density at radius 3 is 2.90 bits per heavy atom. The predicted molar refractivity (Wildman–Crippen MR) is 82.1 cm³/mol. The molecule has 5 nitrogen and oxygen atoms in total. The average molecular weight is 314 g/mol. The number of halogens is 1. The molecule has 6 heteroatoms. The first kappa shape index (κ1) is 16.3. The van der Waals surface area contributed by atoms with Crippen molar-refractivity contribution in [2.45, 2.75) is 45.1 Å². The van der Waals surface area contributed by atoms with Gasteiger partial charge in [-0.1, -0.05) is 11.6 Å². The number of nitrogens with zero attached hydrogens (tertiary/aromatic N) is 2. The summed E-state index contributed by atoms with van der Waals surface area (Å²) in [7, 11) is 0. The van der Waals surface area contributed by atoms with Crippen molar-refractivity contribution in [3.05, 3.63) is 17.5 Å². The van der Waals surface area contributed by atoms with Gasteiger partial charge in [-0.3, -0.25) is 4.79 Å². The molecule has 21 heavy (non-hydrogen) atoms. The van der Waals surface area contributed by atoms with Crippen LogP contribution in [0.2, 0.25) is 0 Å². The van der Waals surface area contributed by atoms with E-state index >= 15 is 0 Å². The Bertz CT molecular complexity index is 491. The summed E-state index contributed by atoms with van der Waals surface area (Å²) >= 11 is 0. The van der Waals surface area contributed by atoms with E-state index in [1.165, 1.54) is 0 Å². The van der Waals surface area contributed by atoms with E-state index in [1.807, 2.05) is 17.9 Å². The van der Waals surface area contributed by atoms with Gasteiger partial charge in [0.15, 0.2) is 5.76 Å². The molecule has 0 spiro atoms. The van der Waals surface area contributed by atoms with E-state index in [9.17, 15) is 4.79 Å². The van der Waals surface area contributed by atoms with E-state index < -0.39 is 0 Å². The predicted octanol–water partition coefficient (Wildman–Crippen LogP) is 2.44. The Labute approximate surface area is 131 Å². The molecular formula is C15H24ClN3O2. The summed E-state index contributed by atoms with van der Waals surface area (Å²) in [5.41, 5.74) is 6.69. The lowest BCUT2D eigenvalue weighted by atomic mass is 9.94. The van der Waals surface area contributed by atoms with Crippen LogP contribution in [0.1, 0.15) is 49.6 Å². The normalized spacial score (nSPS) is 28.7. The van der Waals surface area contributed by atoms with Gasteiger partial charge in [-0.2, -0.15) is 0 Å². The van der Waals surface area contributed by atoms with Crippen molar-refractivity contribution in [2.75, 3.05) is 13.1 Å². The molecule has 1 aromatic rings. The number of carbonyl (C=O) groups excluding carboxylic acids is 1. The number of aryl methyl sites for hydroxylation is 1. The smallest absolute Gasteiger partial charge is 0.226 e. The molecule has 3 rings (SSSR count). The van der Waals surface area contributed by atoms with E-state index in [0.29, 0.717) is 12.5 Å². The number of likely N-dealkylation sites (tertiary alicyclic amines) is 1. The molecule has 0 bridgehead atoms. The van der Waals surface area contributed by atoms with Crippen molar-refractivity contribution in [2.24, 2.45) is 17.6 Å². The molecule has 2 heterocycles. The number of rotatable bonds is 3. The first-order chi connectivity index (χ1) is 9.70. The highest BCUT2D eigenvalue weighted by Crippen LogP contribution is 2.38. The lowest BCUT2D eigenvalue weighted by Gasteiger charge is -2.28. The van der Waals surface area contributed by atoms with Crippen LogP contribution in [0.3, 0.4) is 0 Å². The average Bonchev–Trinajstić information content (AvgIpc) is 3.17. The zero-order valence-electron chi connectivity index (χ0n) is 12.5. The SMILES string of the molecule is Cc1cc(C2CCCN2C(=O)[C@@H]2CCC[C@@H]2CN)on1.Cl. The third-order valence-electron chi connectivity index (χ3n) is 4.79. The molecule has 2 N–H and O–H groups in total. The van der Waals surface area contributed by atoms with Crippen molar-refractivity contribution in [1.29, 1.82) is 0 Å². The maximum absolute atomic E-state index is 12.8. The minimum atomic E-state index is 0. The Balaban J connectivity index is 0.00000161. The van der Waals surface area contributed by atoms with Gasteiger partial charge in [0, 0.05) is 18.5 Å². The molecule has 1 unspecified atom stereocenters. The van der Waals surface area contributed by atoms with Crippen LogP contribution in [-0.4, -0.2) is 29.1 Å². The van der Waals surface area contributed by atoms with E-state index in [2.05, 4.69) is 5.16 Å². The second kappa shape index (κ2) is 6.79. The summed E-state index contributed by atoms with van der Waals surface area (Å²) in [5.74, 6) is 1.58. The molecule has 3 atom stereocenters. The van der Waals surface area contributed by atoms with Crippen molar-refractivity contribution >= 4 is 18.3 Å². The second-order valence-corrected chi connectivity index (χ2v) is 6.09. The standard InChI is InChI=1S/C15H23N3O2.ClH/c1-10-8-14(20-17-10)13-6-3-7-18(13)15(19)12-5-2-4-11(12)9-16;/h8,11-13H,2-7,9,16H2,1H3;1H/t11-,12-,13?;/m1./s1. The summed E-state index contributed by atoms with van der Waals surface area (Å²) in [6.07, 6.45) is 5.21. The van der Waals surface area contributed by atoms with Gasteiger partial charge < -0.3 is 15.2 Å². The number of aromatic nitrogens is 1. The van der Waals surface area contributed by atoms with Crippen molar-refractivity contribution in [3.8, 4) is 0 Å². The minimum absolute atomic E-state index is 0. The number of carbonyl (C=O) groups is 1. The summed E-state index contributed by atoms with van der Waals surface area (Å²) in [4.78, 5) is 14.8. The summed E-state index contributed by atoms with van der Waals surface area (Å²) in [6, 6.07) is 2.02. The first-order valence-electron chi connectivity index (χ1n) is 7.64. The van der Waals surface area contributed by atoms with Gasteiger partial charge in [0.2, 0.25) is 5.91 Å².